The van der Waals surface area contributed by atoms with Gasteiger partial charge in [-0.15, -0.1) is 0 Å². The summed E-state index contributed by atoms with van der Waals surface area (Å²) in [7, 11) is 0. The highest BCUT2D eigenvalue weighted by molar-refractivity contribution is 6.33. The first-order valence-electron chi connectivity index (χ1n) is 6.94. The molecular formula is C15H21ClN2O. The highest BCUT2D eigenvalue weighted by Crippen LogP contribution is 2.26. The predicted octanol–water partition coefficient (Wildman–Crippen LogP) is 3.62. The number of rotatable bonds is 3. The smallest absolute Gasteiger partial charge is 0.251 e. The Bertz CT molecular complexity index is 455. The largest absolute Gasteiger partial charge is 0.398 e. The van der Waals surface area contributed by atoms with Gasteiger partial charge in [0.1, 0.15) is 0 Å². The summed E-state index contributed by atoms with van der Waals surface area (Å²) < 4.78 is 0. The molecular weight excluding hydrogens is 260 g/mol. The number of hydrogen-bond donors (Lipinski definition) is 2. The molecule has 104 valence electrons. The van der Waals surface area contributed by atoms with Crippen molar-refractivity contribution in [3.8, 4) is 0 Å². The molecule has 0 aliphatic heterocycles. The molecule has 1 saturated carbocycles. The number of nitrogens with one attached hydrogen (secondary N) is 1. The number of carbonyl (C=O) groups is 1. The molecule has 2 rings (SSSR count). The van der Waals surface area contributed by atoms with Gasteiger partial charge < -0.3 is 11.1 Å². The maximum atomic E-state index is 12.2. The topological polar surface area (TPSA) is 55.1 Å². The summed E-state index contributed by atoms with van der Waals surface area (Å²) in [6, 6.07) is 5.22. The monoisotopic (exact) mass is 280 g/mol. The van der Waals surface area contributed by atoms with Gasteiger partial charge in [0.25, 0.3) is 5.91 Å². The van der Waals surface area contributed by atoms with Gasteiger partial charge in [-0.25, -0.2) is 0 Å². The third-order valence-corrected chi connectivity index (χ3v) is 4.31. The van der Waals surface area contributed by atoms with Gasteiger partial charge in [-0.1, -0.05) is 30.9 Å². The maximum absolute atomic E-state index is 12.2. The first-order valence-corrected chi connectivity index (χ1v) is 7.31. The van der Waals surface area contributed by atoms with Gasteiger partial charge in [-0.05, 0) is 43.9 Å². The van der Waals surface area contributed by atoms with Crippen LogP contribution in [0.4, 0.5) is 5.69 Å². The van der Waals surface area contributed by atoms with Crippen LogP contribution in [0, 0.1) is 5.92 Å². The molecule has 0 radical (unpaired) electrons. The molecule has 0 spiro atoms. The van der Waals surface area contributed by atoms with E-state index in [1.54, 1.807) is 18.2 Å². The van der Waals surface area contributed by atoms with E-state index in [1.807, 2.05) is 0 Å². The van der Waals surface area contributed by atoms with E-state index in [0.29, 0.717) is 22.2 Å². The Kier molecular flexibility index (Phi) is 4.70. The van der Waals surface area contributed by atoms with Crippen LogP contribution in [-0.2, 0) is 0 Å². The minimum absolute atomic E-state index is 0.0695. The van der Waals surface area contributed by atoms with E-state index in [-0.39, 0.29) is 11.9 Å². The second-order valence-corrected chi connectivity index (χ2v) is 5.80. The van der Waals surface area contributed by atoms with Crippen molar-refractivity contribution in [2.45, 2.75) is 45.1 Å². The van der Waals surface area contributed by atoms with Crippen molar-refractivity contribution >= 4 is 23.2 Å². The first-order chi connectivity index (χ1) is 9.08. The molecule has 0 heterocycles. The number of benzene rings is 1. The summed E-state index contributed by atoms with van der Waals surface area (Å²) in [5.74, 6) is 0.530. The van der Waals surface area contributed by atoms with Crippen LogP contribution >= 0.6 is 11.6 Å². The molecule has 1 fully saturated rings. The Morgan fingerprint density at radius 3 is 2.68 bits per heavy atom. The van der Waals surface area contributed by atoms with Crippen molar-refractivity contribution in [3.05, 3.63) is 28.8 Å². The normalized spacial score (nSPS) is 18.0. The summed E-state index contributed by atoms with van der Waals surface area (Å²) in [6.07, 6.45) is 6.30. The Morgan fingerprint density at radius 1 is 1.37 bits per heavy atom. The van der Waals surface area contributed by atoms with E-state index in [4.69, 9.17) is 17.3 Å². The zero-order valence-corrected chi connectivity index (χ0v) is 12.0. The SMILES string of the molecule is C[C@@H](NC(=O)c1ccc(N)c(Cl)c1)C1CCCCC1. The van der Waals surface area contributed by atoms with E-state index in [9.17, 15) is 4.79 Å². The summed E-state index contributed by atoms with van der Waals surface area (Å²) in [5.41, 5.74) is 6.71. The third kappa shape index (κ3) is 3.63. The molecule has 0 bridgehead atoms. The average Bonchev–Trinajstić information content (AvgIpc) is 2.42. The van der Waals surface area contributed by atoms with Crippen LogP contribution in [-0.4, -0.2) is 11.9 Å². The van der Waals surface area contributed by atoms with Gasteiger partial charge in [0.05, 0.1) is 10.7 Å². The standard InChI is InChI=1S/C15H21ClN2O/c1-10(11-5-3-2-4-6-11)18-15(19)12-7-8-14(17)13(16)9-12/h7-11H,2-6,17H2,1H3,(H,18,19)/t10-/m1/s1. The summed E-state index contributed by atoms with van der Waals surface area (Å²) in [4.78, 5) is 12.2. The van der Waals surface area contributed by atoms with Crippen LogP contribution in [0.1, 0.15) is 49.4 Å². The van der Waals surface area contributed by atoms with E-state index in [0.717, 1.165) is 0 Å². The van der Waals surface area contributed by atoms with E-state index in [2.05, 4.69) is 12.2 Å². The fourth-order valence-electron chi connectivity index (χ4n) is 2.71. The number of nitrogens with two attached hydrogens (primary N) is 1. The van der Waals surface area contributed by atoms with Gasteiger partial charge >= 0.3 is 0 Å². The Labute approximate surface area is 119 Å². The second kappa shape index (κ2) is 6.29. The molecule has 1 amide bonds. The van der Waals surface area contributed by atoms with Crippen molar-refractivity contribution in [1.82, 2.24) is 5.32 Å². The molecule has 0 aromatic heterocycles. The van der Waals surface area contributed by atoms with Crippen LogP contribution in [0.3, 0.4) is 0 Å². The highest BCUT2D eigenvalue weighted by atomic mass is 35.5. The number of halogens is 1. The fraction of sp³-hybridized carbons (Fsp3) is 0.533. The highest BCUT2D eigenvalue weighted by Gasteiger charge is 2.21. The Balaban J connectivity index is 1.97. The molecule has 4 heteroatoms. The first kappa shape index (κ1) is 14.2. The molecule has 1 aromatic rings. The van der Waals surface area contributed by atoms with Gasteiger partial charge in [-0.2, -0.15) is 0 Å². The van der Waals surface area contributed by atoms with Crippen LogP contribution < -0.4 is 11.1 Å². The van der Waals surface area contributed by atoms with Crippen LogP contribution in [0.5, 0.6) is 0 Å². The average molecular weight is 281 g/mol. The van der Waals surface area contributed by atoms with Crippen LogP contribution in [0.15, 0.2) is 18.2 Å². The number of amides is 1. The molecule has 3 N–H and O–H groups in total. The van der Waals surface area contributed by atoms with Crippen molar-refractivity contribution in [2.24, 2.45) is 5.92 Å². The Morgan fingerprint density at radius 2 is 2.05 bits per heavy atom. The van der Waals surface area contributed by atoms with Gasteiger partial charge in [0.15, 0.2) is 0 Å². The third-order valence-electron chi connectivity index (χ3n) is 3.98. The lowest BCUT2D eigenvalue weighted by Gasteiger charge is -2.28. The molecule has 0 saturated heterocycles. The lowest BCUT2D eigenvalue weighted by molar-refractivity contribution is 0.0919. The van der Waals surface area contributed by atoms with Crippen LogP contribution in [0.25, 0.3) is 0 Å². The van der Waals surface area contributed by atoms with Crippen LogP contribution in [0.2, 0.25) is 5.02 Å². The lowest BCUT2D eigenvalue weighted by atomic mass is 9.84. The van der Waals surface area contributed by atoms with Crippen molar-refractivity contribution < 1.29 is 4.79 Å². The van der Waals surface area contributed by atoms with E-state index < -0.39 is 0 Å². The maximum Gasteiger partial charge on any atom is 0.251 e. The van der Waals surface area contributed by atoms with Crippen molar-refractivity contribution in [3.63, 3.8) is 0 Å². The lowest BCUT2D eigenvalue weighted by Crippen LogP contribution is -2.38. The molecule has 19 heavy (non-hydrogen) atoms. The van der Waals surface area contributed by atoms with Gasteiger partial charge in [-0.3, -0.25) is 4.79 Å². The summed E-state index contributed by atoms with van der Waals surface area (Å²) in [6.45, 7) is 2.09. The van der Waals surface area contributed by atoms with Crippen molar-refractivity contribution in [2.75, 3.05) is 5.73 Å². The minimum atomic E-state index is -0.0695. The number of anilines is 1. The zero-order valence-electron chi connectivity index (χ0n) is 11.3. The predicted molar refractivity (Wildman–Crippen MR) is 79.4 cm³/mol. The summed E-state index contributed by atoms with van der Waals surface area (Å²) in [5, 5.41) is 3.50. The zero-order chi connectivity index (χ0) is 13.8. The molecule has 1 aliphatic carbocycles. The van der Waals surface area contributed by atoms with Gasteiger partial charge in [0.2, 0.25) is 0 Å². The van der Waals surface area contributed by atoms with Crippen molar-refractivity contribution in [1.29, 1.82) is 0 Å². The second-order valence-electron chi connectivity index (χ2n) is 5.40. The molecule has 0 unspecified atom stereocenters. The quantitative estimate of drug-likeness (QED) is 0.831. The Hall–Kier alpha value is -1.22. The van der Waals surface area contributed by atoms with E-state index in [1.165, 1.54) is 32.1 Å². The number of hydrogen-bond acceptors (Lipinski definition) is 2. The molecule has 1 aliphatic rings. The molecule has 1 atom stereocenters. The fourth-order valence-corrected chi connectivity index (χ4v) is 2.89. The molecule has 1 aromatic carbocycles. The van der Waals surface area contributed by atoms with Gasteiger partial charge in [0, 0.05) is 11.6 Å². The minimum Gasteiger partial charge on any atom is -0.398 e. The summed E-state index contributed by atoms with van der Waals surface area (Å²) >= 11 is 5.94. The number of nitrogen functional groups attached to an aromatic ring is 1. The molecule has 3 nitrogen and oxygen atoms in total. The van der Waals surface area contributed by atoms with E-state index >= 15 is 0 Å². The number of carbonyl (C=O) groups excluding carboxylic acids is 1.